The number of hydrogen-bond acceptors (Lipinski definition) is 6. The van der Waals surface area contributed by atoms with Crippen LogP contribution in [-0.4, -0.2) is 40.1 Å². The van der Waals surface area contributed by atoms with Crippen LogP contribution >= 0.6 is 11.3 Å². The number of nitrogens with zero attached hydrogens (tertiary/aromatic N) is 3. The zero-order valence-corrected chi connectivity index (χ0v) is 11.3. The summed E-state index contributed by atoms with van der Waals surface area (Å²) >= 11 is 1.51. The number of fused-ring (bicyclic) bond motifs is 1. The molecule has 0 radical (unpaired) electrons. The van der Waals surface area contributed by atoms with E-state index in [-0.39, 0.29) is 24.7 Å². The van der Waals surface area contributed by atoms with Crippen LogP contribution in [0.4, 0.5) is 0 Å². The van der Waals surface area contributed by atoms with Crippen LogP contribution in [0, 0.1) is 0 Å². The number of amides is 1. The molecule has 2 aromatic heterocycles. The molecule has 0 saturated heterocycles. The summed E-state index contributed by atoms with van der Waals surface area (Å²) in [7, 11) is 1.31. The van der Waals surface area contributed by atoms with E-state index in [9.17, 15) is 9.59 Å². The van der Waals surface area contributed by atoms with Gasteiger partial charge in [-0.15, -0.1) is 21.5 Å². The number of carbonyl (C=O) groups excluding carboxylic acids is 2. The molecule has 0 saturated carbocycles. The molecule has 0 aliphatic heterocycles. The Morgan fingerprint density at radius 2 is 2.32 bits per heavy atom. The van der Waals surface area contributed by atoms with Crippen molar-refractivity contribution in [1.29, 1.82) is 0 Å². The predicted molar refractivity (Wildman–Crippen MR) is 68.8 cm³/mol. The number of esters is 1. The van der Waals surface area contributed by atoms with Gasteiger partial charge >= 0.3 is 5.97 Å². The molecule has 0 bridgehead atoms. The van der Waals surface area contributed by atoms with Gasteiger partial charge in [0.25, 0.3) is 0 Å². The summed E-state index contributed by atoms with van der Waals surface area (Å²) in [4.78, 5) is 23.2. The van der Waals surface area contributed by atoms with E-state index in [4.69, 9.17) is 0 Å². The summed E-state index contributed by atoms with van der Waals surface area (Å²) < 4.78 is 6.36. The fourth-order valence-electron chi connectivity index (χ4n) is 1.59. The van der Waals surface area contributed by atoms with Crippen LogP contribution in [0.1, 0.15) is 18.5 Å². The topological polar surface area (TPSA) is 85.6 Å². The van der Waals surface area contributed by atoms with Crippen molar-refractivity contribution < 1.29 is 14.3 Å². The highest BCUT2D eigenvalue weighted by molar-refractivity contribution is 7.15. The Bertz CT molecular complexity index is 577. The van der Waals surface area contributed by atoms with Crippen molar-refractivity contribution >= 4 is 28.2 Å². The third kappa shape index (κ3) is 3.50. The Morgan fingerprint density at radius 1 is 1.47 bits per heavy atom. The summed E-state index contributed by atoms with van der Waals surface area (Å²) in [6, 6.07) is 0. The number of methoxy groups -OCH3 is 1. The monoisotopic (exact) mass is 282 g/mol. The molecular weight excluding hydrogens is 268 g/mol. The van der Waals surface area contributed by atoms with Gasteiger partial charge in [-0.2, -0.15) is 0 Å². The zero-order chi connectivity index (χ0) is 13.7. The third-order valence-electron chi connectivity index (χ3n) is 2.61. The van der Waals surface area contributed by atoms with Crippen molar-refractivity contribution in [2.45, 2.75) is 19.3 Å². The summed E-state index contributed by atoms with van der Waals surface area (Å²) in [5.41, 5.74) is 1.05. The molecule has 2 rings (SSSR count). The Hall–Kier alpha value is -1.96. The fraction of sp³-hybridized carbons (Fsp3) is 0.455. The Morgan fingerprint density at radius 3 is 3.11 bits per heavy atom. The van der Waals surface area contributed by atoms with Gasteiger partial charge in [0.05, 0.1) is 13.5 Å². The molecule has 1 amide bonds. The first-order valence-electron chi connectivity index (χ1n) is 5.80. The van der Waals surface area contributed by atoms with E-state index in [1.165, 1.54) is 18.4 Å². The molecule has 19 heavy (non-hydrogen) atoms. The fourth-order valence-corrected chi connectivity index (χ4v) is 2.44. The molecule has 0 aliphatic carbocycles. The lowest BCUT2D eigenvalue weighted by Gasteiger charge is -2.04. The largest absolute Gasteiger partial charge is 0.469 e. The normalized spacial score (nSPS) is 10.6. The second-order valence-corrected chi connectivity index (χ2v) is 4.72. The lowest BCUT2D eigenvalue weighted by atomic mass is 10.3. The summed E-state index contributed by atoms with van der Waals surface area (Å²) in [5.74, 6) is -0.528. The maximum absolute atomic E-state index is 11.5. The molecule has 8 heteroatoms. The van der Waals surface area contributed by atoms with E-state index < -0.39 is 0 Å². The molecule has 0 spiro atoms. The van der Waals surface area contributed by atoms with Crippen LogP contribution in [0.2, 0.25) is 0 Å². The second kappa shape index (κ2) is 6.28. The number of thiazole rings is 1. The van der Waals surface area contributed by atoms with Crippen molar-refractivity contribution in [2.75, 3.05) is 13.7 Å². The predicted octanol–water partition coefficient (Wildman–Crippen LogP) is 0.403. The molecular formula is C11H14N4O3S. The Balaban J connectivity index is 1.73. The lowest BCUT2D eigenvalue weighted by Crippen LogP contribution is -2.26. The van der Waals surface area contributed by atoms with Crippen LogP contribution in [0.25, 0.3) is 4.96 Å². The quantitative estimate of drug-likeness (QED) is 0.775. The molecule has 2 heterocycles. The van der Waals surface area contributed by atoms with Gasteiger partial charge in [-0.1, -0.05) is 0 Å². The van der Waals surface area contributed by atoms with Crippen LogP contribution < -0.4 is 5.32 Å². The van der Waals surface area contributed by atoms with Crippen molar-refractivity contribution in [3.63, 3.8) is 0 Å². The highest BCUT2D eigenvalue weighted by Crippen LogP contribution is 2.13. The molecule has 0 unspecified atom stereocenters. The summed E-state index contributed by atoms with van der Waals surface area (Å²) in [6.07, 6.45) is 2.61. The minimum atomic E-state index is -0.376. The lowest BCUT2D eigenvalue weighted by molar-refractivity contribution is -0.142. The highest BCUT2D eigenvalue weighted by atomic mass is 32.1. The molecule has 102 valence electrons. The van der Waals surface area contributed by atoms with Gasteiger partial charge in [-0.05, 0) is 0 Å². The number of carbonyl (C=O) groups is 2. The summed E-state index contributed by atoms with van der Waals surface area (Å²) in [5, 5.41) is 12.5. The average molecular weight is 282 g/mol. The molecule has 0 fully saturated rings. The second-order valence-electron chi connectivity index (χ2n) is 3.89. The minimum Gasteiger partial charge on any atom is -0.469 e. The molecule has 1 N–H and O–H groups in total. The first-order chi connectivity index (χ1) is 9.20. The first-order valence-corrected chi connectivity index (χ1v) is 6.68. The van der Waals surface area contributed by atoms with Gasteiger partial charge in [0.15, 0.2) is 0 Å². The molecule has 0 aliphatic rings. The van der Waals surface area contributed by atoms with Gasteiger partial charge in [0.1, 0.15) is 6.33 Å². The highest BCUT2D eigenvalue weighted by Gasteiger charge is 2.08. The van der Waals surface area contributed by atoms with Crippen molar-refractivity contribution in [2.24, 2.45) is 0 Å². The smallest absolute Gasteiger partial charge is 0.306 e. The standard InChI is InChI=1S/C11H14N4O3S/c1-18-10(17)3-2-9(16)12-5-4-8-6-19-11-14-13-7-15(8)11/h6-7H,2-5H2,1H3,(H,12,16). The molecule has 7 nitrogen and oxygen atoms in total. The van der Waals surface area contributed by atoms with E-state index in [0.717, 1.165) is 10.7 Å². The van der Waals surface area contributed by atoms with Gasteiger partial charge in [0.2, 0.25) is 10.9 Å². The number of aromatic nitrogens is 3. The van der Waals surface area contributed by atoms with E-state index in [0.29, 0.717) is 13.0 Å². The third-order valence-corrected chi connectivity index (χ3v) is 3.49. The van der Waals surface area contributed by atoms with E-state index >= 15 is 0 Å². The van der Waals surface area contributed by atoms with Gasteiger partial charge in [0, 0.05) is 30.5 Å². The van der Waals surface area contributed by atoms with Gasteiger partial charge < -0.3 is 10.1 Å². The van der Waals surface area contributed by atoms with Crippen LogP contribution in [0.5, 0.6) is 0 Å². The van der Waals surface area contributed by atoms with Crippen LogP contribution in [0.3, 0.4) is 0 Å². The number of hydrogen-bond donors (Lipinski definition) is 1. The molecule has 0 aromatic carbocycles. The van der Waals surface area contributed by atoms with E-state index in [2.05, 4.69) is 20.3 Å². The molecule has 2 aromatic rings. The van der Waals surface area contributed by atoms with Crippen molar-refractivity contribution in [3.05, 3.63) is 17.4 Å². The van der Waals surface area contributed by atoms with Crippen molar-refractivity contribution in [1.82, 2.24) is 19.9 Å². The Kier molecular flexibility index (Phi) is 4.45. The van der Waals surface area contributed by atoms with Gasteiger partial charge in [-0.25, -0.2) is 0 Å². The Labute approximate surface area is 113 Å². The SMILES string of the molecule is COC(=O)CCC(=O)NCCc1csc2nncn12. The van der Waals surface area contributed by atoms with Crippen molar-refractivity contribution in [3.8, 4) is 0 Å². The number of rotatable bonds is 6. The first kappa shape index (κ1) is 13.5. The van der Waals surface area contributed by atoms with E-state index in [1.807, 2.05) is 9.78 Å². The average Bonchev–Trinajstić information content (AvgIpc) is 3.00. The summed E-state index contributed by atoms with van der Waals surface area (Å²) in [6.45, 7) is 0.518. The zero-order valence-electron chi connectivity index (χ0n) is 10.5. The number of nitrogens with one attached hydrogen (secondary N) is 1. The van der Waals surface area contributed by atoms with Crippen LogP contribution in [-0.2, 0) is 20.7 Å². The maximum atomic E-state index is 11.5. The number of ether oxygens (including phenoxy) is 1. The van der Waals surface area contributed by atoms with Gasteiger partial charge in [-0.3, -0.25) is 14.0 Å². The molecule has 0 atom stereocenters. The van der Waals surface area contributed by atoms with E-state index in [1.54, 1.807) is 6.33 Å². The van der Waals surface area contributed by atoms with Crippen LogP contribution in [0.15, 0.2) is 11.7 Å². The minimum absolute atomic E-state index is 0.108. The maximum Gasteiger partial charge on any atom is 0.306 e.